The number of rotatable bonds is 3. The first kappa shape index (κ1) is 17.7. The minimum atomic E-state index is -0.0707. The lowest BCUT2D eigenvalue weighted by atomic mass is 9.78. The molecule has 4 rings (SSSR count). The molecule has 4 aromatic rings. The van der Waals surface area contributed by atoms with Gasteiger partial charge in [0.05, 0.1) is 5.52 Å². The Labute approximate surface area is 160 Å². The van der Waals surface area contributed by atoms with Crippen LogP contribution in [0.3, 0.4) is 0 Å². The normalized spacial score (nSPS) is 12.8. The molecule has 27 heavy (non-hydrogen) atoms. The Bertz CT molecular complexity index is 1120. The lowest BCUT2D eigenvalue weighted by Gasteiger charge is -2.27. The highest BCUT2D eigenvalue weighted by atomic mass is 14.8. The van der Waals surface area contributed by atoms with Crippen molar-refractivity contribution in [2.24, 2.45) is 0 Å². The second-order valence-corrected chi connectivity index (χ2v) is 8.96. The van der Waals surface area contributed by atoms with Crippen molar-refractivity contribution in [3.63, 3.8) is 0 Å². The van der Waals surface area contributed by atoms with Crippen molar-refractivity contribution in [2.75, 3.05) is 0 Å². The highest BCUT2D eigenvalue weighted by molar-refractivity contribution is 5.85. The van der Waals surface area contributed by atoms with Gasteiger partial charge in [0.1, 0.15) is 5.65 Å². The third-order valence-corrected chi connectivity index (χ3v) is 5.36. The molecular formula is C23H26N4. The number of aromatic nitrogens is 4. The van der Waals surface area contributed by atoms with Crippen LogP contribution in [0.4, 0.5) is 0 Å². The van der Waals surface area contributed by atoms with Gasteiger partial charge >= 0.3 is 0 Å². The summed E-state index contributed by atoms with van der Waals surface area (Å²) >= 11 is 0. The zero-order valence-corrected chi connectivity index (χ0v) is 16.7. The van der Waals surface area contributed by atoms with Crippen molar-refractivity contribution < 1.29 is 0 Å². The van der Waals surface area contributed by atoms with Gasteiger partial charge in [0.15, 0.2) is 0 Å². The highest BCUT2D eigenvalue weighted by Crippen LogP contribution is 2.35. The molecule has 4 heteroatoms. The van der Waals surface area contributed by atoms with Crippen LogP contribution < -0.4 is 0 Å². The maximum atomic E-state index is 4.73. The topological polar surface area (TPSA) is 54.5 Å². The molecule has 138 valence electrons. The maximum Gasteiger partial charge on any atom is 0.137 e. The summed E-state index contributed by atoms with van der Waals surface area (Å²) in [6, 6.07) is 6.35. The van der Waals surface area contributed by atoms with Crippen LogP contribution >= 0.6 is 0 Å². The Hall–Kier alpha value is -2.75. The number of fused-ring (bicyclic) bond motifs is 2. The Morgan fingerprint density at radius 2 is 1.59 bits per heavy atom. The van der Waals surface area contributed by atoms with Crippen LogP contribution in [0, 0.1) is 0 Å². The van der Waals surface area contributed by atoms with Crippen LogP contribution in [0.2, 0.25) is 0 Å². The molecule has 0 atom stereocenters. The molecule has 4 nitrogen and oxygen atoms in total. The molecule has 0 bridgehead atoms. The largest absolute Gasteiger partial charge is 0.346 e. The first-order chi connectivity index (χ1) is 12.8. The van der Waals surface area contributed by atoms with E-state index in [1.54, 1.807) is 0 Å². The van der Waals surface area contributed by atoms with E-state index in [-0.39, 0.29) is 10.8 Å². The molecule has 0 spiro atoms. The van der Waals surface area contributed by atoms with Gasteiger partial charge in [-0.2, -0.15) is 0 Å². The van der Waals surface area contributed by atoms with Gasteiger partial charge in [0, 0.05) is 41.8 Å². The summed E-state index contributed by atoms with van der Waals surface area (Å²) in [4.78, 5) is 16.9. The Morgan fingerprint density at radius 1 is 0.852 bits per heavy atom. The third kappa shape index (κ3) is 3.09. The summed E-state index contributed by atoms with van der Waals surface area (Å²) in [5.41, 5.74) is 5.74. The lowest BCUT2D eigenvalue weighted by molar-refractivity contribution is 0.527. The van der Waals surface area contributed by atoms with Crippen LogP contribution in [0.25, 0.3) is 21.9 Å². The fraction of sp³-hybridized carbons (Fsp3) is 0.348. The van der Waals surface area contributed by atoms with E-state index in [2.05, 4.69) is 67.8 Å². The number of aromatic amines is 1. The van der Waals surface area contributed by atoms with Crippen molar-refractivity contribution in [3.8, 4) is 0 Å². The third-order valence-electron chi connectivity index (χ3n) is 5.36. The van der Waals surface area contributed by atoms with Crippen molar-refractivity contribution in [3.05, 3.63) is 65.9 Å². The SMILES string of the molecule is CC(C)(C)c1ccnc2c(CC(C)(C)c3ccnc4[nH]ccc34)cncc12. The van der Waals surface area contributed by atoms with Gasteiger partial charge in [0.2, 0.25) is 0 Å². The molecule has 0 aliphatic rings. The molecule has 0 amide bonds. The molecule has 0 saturated heterocycles. The quantitative estimate of drug-likeness (QED) is 0.539. The second kappa shape index (κ2) is 6.15. The molecular weight excluding hydrogens is 332 g/mol. The van der Waals surface area contributed by atoms with Crippen molar-refractivity contribution in [1.82, 2.24) is 19.9 Å². The van der Waals surface area contributed by atoms with Gasteiger partial charge < -0.3 is 4.98 Å². The molecule has 0 aromatic carbocycles. The summed E-state index contributed by atoms with van der Waals surface area (Å²) < 4.78 is 0. The van der Waals surface area contributed by atoms with Crippen molar-refractivity contribution in [1.29, 1.82) is 0 Å². The van der Waals surface area contributed by atoms with Gasteiger partial charge in [-0.15, -0.1) is 0 Å². The Kier molecular flexibility index (Phi) is 4.02. The van der Waals surface area contributed by atoms with Gasteiger partial charge in [-0.1, -0.05) is 34.6 Å². The molecule has 0 radical (unpaired) electrons. The average Bonchev–Trinajstić information content (AvgIpc) is 3.09. The minimum absolute atomic E-state index is 0.0550. The zero-order valence-electron chi connectivity index (χ0n) is 16.7. The first-order valence-corrected chi connectivity index (χ1v) is 9.42. The monoisotopic (exact) mass is 358 g/mol. The molecule has 0 aliphatic carbocycles. The summed E-state index contributed by atoms with van der Waals surface area (Å²) in [5, 5.41) is 2.33. The highest BCUT2D eigenvalue weighted by Gasteiger charge is 2.26. The predicted octanol–water partition coefficient (Wildman–Crippen LogP) is 5.32. The van der Waals surface area contributed by atoms with E-state index in [1.165, 1.54) is 22.1 Å². The molecule has 0 unspecified atom stereocenters. The number of hydrogen-bond acceptors (Lipinski definition) is 3. The smallest absolute Gasteiger partial charge is 0.137 e. The molecule has 1 N–H and O–H groups in total. The van der Waals surface area contributed by atoms with E-state index in [4.69, 9.17) is 4.98 Å². The number of H-pyrrole nitrogens is 1. The van der Waals surface area contributed by atoms with Crippen LogP contribution in [-0.2, 0) is 17.3 Å². The van der Waals surface area contributed by atoms with Gasteiger partial charge in [0.25, 0.3) is 0 Å². The predicted molar refractivity (Wildman–Crippen MR) is 111 cm³/mol. The van der Waals surface area contributed by atoms with Gasteiger partial charge in [-0.05, 0) is 52.1 Å². The van der Waals surface area contributed by atoms with Crippen LogP contribution in [0.5, 0.6) is 0 Å². The molecule has 0 fully saturated rings. The van der Waals surface area contributed by atoms with Crippen LogP contribution in [0.15, 0.2) is 49.2 Å². The van der Waals surface area contributed by atoms with Crippen molar-refractivity contribution in [2.45, 2.75) is 51.9 Å². The number of nitrogens with zero attached hydrogens (tertiary/aromatic N) is 3. The Morgan fingerprint density at radius 3 is 2.37 bits per heavy atom. The fourth-order valence-electron chi connectivity index (χ4n) is 4.03. The average molecular weight is 358 g/mol. The Balaban J connectivity index is 1.83. The number of hydrogen-bond donors (Lipinski definition) is 1. The summed E-state index contributed by atoms with van der Waals surface area (Å²) in [6.45, 7) is 11.3. The van der Waals surface area contributed by atoms with E-state index in [0.717, 1.165) is 23.0 Å². The first-order valence-electron chi connectivity index (χ1n) is 9.42. The van der Waals surface area contributed by atoms with Crippen LogP contribution in [0.1, 0.15) is 51.3 Å². The lowest BCUT2D eigenvalue weighted by Crippen LogP contribution is -2.21. The van der Waals surface area contributed by atoms with E-state index < -0.39 is 0 Å². The van der Waals surface area contributed by atoms with E-state index in [0.29, 0.717) is 0 Å². The van der Waals surface area contributed by atoms with Gasteiger partial charge in [-0.3, -0.25) is 9.97 Å². The maximum absolute atomic E-state index is 4.73. The molecule has 0 saturated carbocycles. The molecule has 4 heterocycles. The van der Waals surface area contributed by atoms with E-state index in [9.17, 15) is 0 Å². The molecule has 0 aliphatic heterocycles. The van der Waals surface area contributed by atoms with Gasteiger partial charge in [-0.25, -0.2) is 4.98 Å². The minimum Gasteiger partial charge on any atom is -0.346 e. The standard InChI is InChI=1S/C23H26N4/c1-22(2,3)18-7-10-25-20-15(13-24-14-17(18)20)12-23(4,5)19-8-11-27-21-16(19)6-9-26-21/h6-11,13-14H,12H2,1-5H3,(H,26,27). The molecule has 4 aromatic heterocycles. The summed E-state index contributed by atoms with van der Waals surface area (Å²) in [5.74, 6) is 0. The fourth-order valence-corrected chi connectivity index (χ4v) is 4.03. The number of nitrogens with one attached hydrogen (secondary N) is 1. The van der Waals surface area contributed by atoms with Crippen molar-refractivity contribution >= 4 is 21.9 Å². The number of pyridine rings is 3. The zero-order chi connectivity index (χ0) is 19.2. The summed E-state index contributed by atoms with van der Waals surface area (Å²) in [7, 11) is 0. The summed E-state index contributed by atoms with van der Waals surface area (Å²) in [6.07, 6.45) is 10.6. The van der Waals surface area contributed by atoms with E-state index >= 15 is 0 Å². The second-order valence-electron chi connectivity index (χ2n) is 8.96. The van der Waals surface area contributed by atoms with E-state index in [1.807, 2.05) is 31.0 Å². The van der Waals surface area contributed by atoms with Crippen LogP contribution in [-0.4, -0.2) is 19.9 Å².